The SMILES string of the molecule is COc1cccc2sc(NC(=O)C3=NN(Cc4ccc(F)cc4)C(=O)CC3)nc12. The van der Waals surface area contributed by atoms with E-state index in [9.17, 15) is 14.0 Å². The topological polar surface area (TPSA) is 83.9 Å². The number of hydrogen-bond acceptors (Lipinski definition) is 6. The molecule has 2 heterocycles. The minimum atomic E-state index is -0.403. The van der Waals surface area contributed by atoms with Crippen LogP contribution in [0.25, 0.3) is 10.2 Å². The number of amides is 2. The molecule has 0 atom stereocenters. The molecule has 2 amide bonds. The van der Waals surface area contributed by atoms with Gasteiger partial charge in [0, 0.05) is 12.8 Å². The van der Waals surface area contributed by atoms with Crippen LogP contribution in [0.3, 0.4) is 0 Å². The zero-order valence-electron chi connectivity index (χ0n) is 15.5. The maximum Gasteiger partial charge on any atom is 0.273 e. The Morgan fingerprint density at radius 3 is 2.79 bits per heavy atom. The predicted octanol–water partition coefficient (Wildman–Crippen LogP) is 3.56. The van der Waals surface area contributed by atoms with Gasteiger partial charge in [0.05, 0.1) is 18.4 Å². The van der Waals surface area contributed by atoms with E-state index in [4.69, 9.17) is 4.74 Å². The molecule has 0 aliphatic carbocycles. The number of nitrogens with zero attached hydrogens (tertiary/aromatic N) is 3. The van der Waals surface area contributed by atoms with E-state index >= 15 is 0 Å². The number of aromatic nitrogens is 1. The molecule has 0 bridgehead atoms. The number of benzene rings is 2. The number of fused-ring (bicyclic) bond motifs is 1. The first kappa shape index (κ1) is 19.0. The number of ether oxygens (including phenoxy) is 1. The van der Waals surface area contributed by atoms with Crippen molar-refractivity contribution >= 4 is 44.2 Å². The molecule has 9 heteroatoms. The Labute approximate surface area is 169 Å². The van der Waals surface area contributed by atoms with Crippen molar-refractivity contribution < 1.29 is 18.7 Å². The van der Waals surface area contributed by atoms with Crippen LogP contribution < -0.4 is 10.1 Å². The quantitative estimate of drug-likeness (QED) is 0.695. The molecule has 1 aromatic heterocycles. The first-order chi connectivity index (χ1) is 14.0. The number of hydrazone groups is 1. The number of halogens is 1. The highest BCUT2D eigenvalue weighted by Crippen LogP contribution is 2.32. The van der Waals surface area contributed by atoms with Gasteiger partial charge < -0.3 is 4.74 Å². The van der Waals surface area contributed by atoms with Gasteiger partial charge in [0.15, 0.2) is 5.13 Å². The molecule has 0 saturated carbocycles. The smallest absolute Gasteiger partial charge is 0.273 e. The van der Waals surface area contributed by atoms with E-state index in [-0.39, 0.29) is 36.8 Å². The van der Waals surface area contributed by atoms with E-state index in [0.29, 0.717) is 16.4 Å². The molecular formula is C20H17FN4O3S. The van der Waals surface area contributed by atoms with Crippen LogP contribution in [0.1, 0.15) is 18.4 Å². The second-order valence-corrected chi connectivity index (χ2v) is 7.44. The van der Waals surface area contributed by atoms with Gasteiger partial charge in [-0.05, 0) is 29.8 Å². The first-order valence-electron chi connectivity index (χ1n) is 8.90. The van der Waals surface area contributed by atoms with Crippen molar-refractivity contribution in [3.63, 3.8) is 0 Å². The van der Waals surface area contributed by atoms with Crippen LogP contribution in [0.15, 0.2) is 47.6 Å². The van der Waals surface area contributed by atoms with Crippen molar-refractivity contribution in [3.8, 4) is 5.75 Å². The van der Waals surface area contributed by atoms with Crippen molar-refractivity contribution in [2.75, 3.05) is 12.4 Å². The number of thiazole rings is 1. The number of carbonyl (C=O) groups excluding carboxylic acids is 2. The average molecular weight is 412 g/mol. The molecule has 29 heavy (non-hydrogen) atoms. The minimum Gasteiger partial charge on any atom is -0.494 e. The minimum absolute atomic E-state index is 0.175. The van der Waals surface area contributed by atoms with E-state index in [0.717, 1.165) is 10.3 Å². The molecule has 1 aliphatic rings. The molecule has 0 fully saturated rings. The summed E-state index contributed by atoms with van der Waals surface area (Å²) in [5.41, 5.74) is 1.65. The maximum atomic E-state index is 13.1. The number of hydrogen-bond donors (Lipinski definition) is 1. The van der Waals surface area contributed by atoms with Crippen LogP contribution >= 0.6 is 11.3 Å². The van der Waals surface area contributed by atoms with E-state index in [1.165, 1.54) is 28.5 Å². The molecular weight excluding hydrogens is 395 g/mol. The Morgan fingerprint density at radius 1 is 1.24 bits per heavy atom. The average Bonchev–Trinajstić information content (AvgIpc) is 3.13. The highest BCUT2D eigenvalue weighted by atomic mass is 32.1. The number of methoxy groups -OCH3 is 1. The predicted molar refractivity (Wildman–Crippen MR) is 108 cm³/mol. The zero-order chi connectivity index (χ0) is 20.4. The number of para-hydroxylation sites is 1. The molecule has 1 N–H and O–H groups in total. The summed E-state index contributed by atoms with van der Waals surface area (Å²) in [6, 6.07) is 11.4. The van der Waals surface area contributed by atoms with Crippen molar-refractivity contribution in [3.05, 3.63) is 53.8 Å². The fourth-order valence-electron chi connectivity index (χ4n) is 2.96. The first-order valence-corrected chi connectivity index (χ1v) is 9.72. The van der Waals surface area contributed by atoms with Crippen molar-refractivity contribution in [1.82, 2.24) is 9.99 Å². The van der Waals surface area contributed by atoms with Gasteiger partial charge in [0.25, 0.3) is 5.91 Å². The molecule has 0 unspecified atom stereocenters. The second-order valence-electron chi connectivity index (χ2n) is 6.40. The number of carbonyl (C=O) groups is 2. The van der Waals surface area contributed by atoms with Crippen LogP contribution in [0.4, 0.5) is 9.52 Å². The molecule has 1 aliphatic heterocycles. The van der Waals surface area contributed by atoms with Gasteiger partial charge in [-0.2, -0.15) is 5.10 Å². The fourth-order valence-corrected chi connectivity index (χ4v) is 3.84. The lowest BCUT2D eigenvalue weighted by atomic mass is 10.1. The number of anilines is 1. The summed E-state index contributed by atoms with van der Waals surface area (Å²) in [4.78, 5) is 29.2. The summed E-state index contributed by atoms with van der Waals surface area (Å²) in [5.74, 6) is -0.310. The highest BCUT2D eigenvalue weighted by molar-refractivity contribution is 7.22. The van der Waals surface area contributed by atoms with Gasteiger partial charge in [-0.1, -0.05) is 29.5 Å². The summed E-state index contributed by atoms with van der Waals surface area (Å²) in [6.45, 7) is 0.175. The van der Waals surface area contributed by atoms with Gasteiger partial charge in [-0.3, -0.25) is 14.9 Å². The summed E-state index contributed by atoms with van der Waals surface area (Å²) in [7, 11) is 1.57. The molecule has 2 aromatic carbocycles. The third kappa shape index (κ3) is 4.09. The molecule has 4 rings (SSSR count). The highest BCUT2D eigenvalue weighted by Gasteiger charge is 2.25. The van der Waals surface area contributed by atoms with E-state index in [1.54, 1.807) is 25.3 Å². The summed E-state index contributed by atoms with van der Waals surface area (Å²) < 4.78 is 19.2. The van der Waals surface area contributed by atoms with E-state index < -0.39 is 5.91 Å². The van der Waals surface area contributed by atoms with Gasteiger partial charge in [0.2, 0.25) is 5.91 Å². The monoisotopic (exact) mass is 412 g/mol. The lowest BCUT2D eigenvalue weighted by Gasteiger charge is -2.23. The van der Waals surface area contributed by atoms with Crippen molar-refractivity contribution in [2.45, 2.75) is 19.4 Å². The molecule has 0 saturated heterocycles. The third-order valence-electron chi connectivity index (χ3n) is 4.44. The van der Waals surface area contributed by atoms with Crippen LogP contribution in [-0.4, -0.2) is 34.6 Å². The normalized spacial score (nSPS) is 14.1. The Hall–Kier alpha value is -3.33. The van der Waals surface area contributed by atoms with Gasteiger partial charge in [-0.25, -0.2) is 14.4 Å². The molecule has 3 aromatic rings. The summed E-state index contributed by atoms with van der Waals surface area (Å²) in [6.07, 6.45) is 0.430. The summed E-state index contributed by atoms with van der Waals surface area (Å²) >= 11 is 1.33. The number of nitrogens with one attached hydrogen (secondary N) is 1. The van der Waals surface area contributed by atoms with Crippen LogP contribution in [0.5, 0.6) is 5.75 Å². The largest absolute Gasteiger partial charge is 0.494 e. The third-order valence-corrected chi connectivity index (χ3v) is 5.37. The van der Waals surface area contributed by atoms with E-state index in [1.807, 2.05) is 12.1 Å². The molecule has 0 radical (unpaired) electrons. The standard InChI is InChI=1S/C20H17FN4O3S/c1-28-15-3-2-4-16-18(15)22-20(29-16)23-19(27)14-9-10-17(26)25(24-14)11-12-5-7-13(21)8-6-12/h2-8H,9-11H2,1H3,(H,22,23,27). The van der Waals surface area contributed by atoms with Crippen LogP contribution in [0, 0.1) is 5.82 Å². The van der Waals surface area contributed by atoms with Crippen LogP contribution in [0.2, 0.25) is 0 Å². The van der Waals surface area contributed by atoms with Crippen LogP contribution in [-0.2, 0) is 16.1 Å². The van der Waals surface area contributed by atoms with Crippen molar-refractivity contribution in [2.24, 2.45) is 5.10 Å². The van der Waals surface area contributed by atoms with Gasteiger partial charge in [0.1, 0.15) is 22.8 Å². The Balaban J connectivity index is 1.51. The van der Waals surface area contributed by atoms with E-state index in [2.05, 4.69) is 15.4 Å². The van der Waals surface area contributed by atoms with Crippen molar-refractivity contribution in [1.29, 1.82) is 0 Å². The molecule has 148 valence electrons. The second kappa shape index (κ2) is 7.96. The van der Waals surface area contributed by atoms with Gasteiger partial charge >= 0.3 is 0 Å². The zero-order valence-corrected chi connectivity index (χ0v) is 16.3. The Bertz CT molecular complexity index is 1110. The van der Waals surface area contributed by atoms with Gasteiger partial charge in [-0.15, -0.1) is 0 Å². The Morgan fingerprint density at radius 2 is 2.03 bits per heavy atom. The maximum absolute atomic E-state index is 13.1. The lowest BCUT2D eigenvalue weighted by Crippen LogP contribution is -2.36. The molecule has 0 spiro atoms. The lowest BCUT2D eigenvalue weighted by molar-refractivity contribution is -0.132. The summed E-state index contributed by atoms with van der Waals surface area (Å²) in [5, 5.41) is 8.64. The fraction of sp³-hybridized carbons (Fsp3) is 0.200. The molecule has 7 nitrogen and oxygen atoms in total. The number of rotatable bonds is 5. The Kier molecular flexibility index (Phi) is 5.22.